The van der Waals surface area contributed by atoms with Crippen LogP contribution in [0, 0.1) is 0 Å². The van der Waals surface area contributed by atoms with Gasteiger partial charge in [-0.15, -0.1) is 0 Å². The lowest BCUT2D eigenvalue weighted by Gasteiger charge is -2.39. The molecular formula is C33H32N3O5+. The fourth-order valence-electron chi connectivity index (χ4n) is 7.94. The Morgan fingerprint density at radius 2 is 1.63 bits per heavy atom. The first kappa shape index (κ1) is 24.6. The van der Waals surface area contributed by atoms with E-state index in [2.05, 4.69) is 26.4 Å². The van der Waals surface area contributed by atoms with Gasteiger partial charge in [-0.25, -0.2) is 14.2 Å². The van der Waals surface area contributed by atoms with Gasteiger partial charge in [0, 0.05) is 59.1 Å². The lowest BCUT2D eigenvalue weighted by Crippen LogP contribution is -2.45. The van der Waals surface area contributed by atoms with Crippen LogP contribution in [0.1, 0.15) is 79.8 Å². The zero-order chi connectivity index (χ0) is 27.8. The number of carboxylic acids is 1. The smallest absolute Gasteiger partial charge is 0.356 e. The highest BCUT2D eigenvalue weighted by Gasteiger charge is 2.36. The van der Waals surface area contributed by atoms with E-state index in [9.17, 15) is 14.7 Å². The van der Waals surface area contributed by atoms with Crippen molar-refractivity contribution in [2.24, 2.45) is 5.90 Å². The molecule has 0 atom stereocenters. The van der Waals surface area contributed by atoms with Gasteiger partial charge in [0.05, 0.1) is 16.7 Å². The van der Waals surface area contributed by atoms with Gasteiger partial charge in [0.15, 0.2) is 0 Å². The zero-order valence-corrected chi connectivity index (χ0v) is 22.9. The highest BCUT2D eigenvalue weighted by atomic mass is 16.7. The molecule has 8 heteroatoms. The van der Waals surface area contributed by atoms with E-state index in [1.807, 2.05) is 0 Å². The summed E-state index contributed by atoms with van der Waals surface area (Å²) < 4.78 is 9.54. The Hall–Kier alpha value is -4.17. The van der Waals surface area contributed by atoms with E-state index in [0.29, 0.717) is 5.56 Å². The van der Waals surface area contributed by atoms with Crippen molar-refractivity contribution >= 4 is 23.2 Å². The van der Waals surface area contributed by atoms with Gasteiger partial charge < -0.3 is 19.6 Å². The van der Waals surface area contributed by atoms with Crippen LogP contribution in [0.3, 0.4) is 0 Å². The molecule has 208 valence electrons. The van der Waals surface area contributed by atoms with Crippen LogP contribution in [0.5, 0.6) is 11.5 Å². The van der Waals surface area contributed by atoms with Crippen LogP contribution in [0.25, 0.3) is 5.57 Å². The van der Waals surface area contributed by atoms with E-state index in [1.54, 1.807) is 12.1 Å². The number of carbonyl (C=O) groups is 2. The van der Waals surface area contributed by atoms with Gasteiger partial charge in [-0.2, -0.15) is 5.90 Å². The van der Waals surface area contributed by atoms with Gasteiger partial charge in [0.2, 0.25) is 5.36 Å². The van der Waals surface area contributed by atoms with Crippen molar-refractivity contribution < 1.29 is 24.3 Å². The second-order valence-electron chi connectivity index (χ2n) is 11.8. The Morgan fingerprint density at radius 3 is 2.44 bits per heavy atom. The predicted molar refractivity (Wildman–Crippen MR) is 153 cm³/mol. The normalized spacial score (nSPS) is 18.0. The fourth-order valence-corrected chi connectivity index (χ4v) is 7.94. The number of aryl methyl sites for hydroxylation is 2. The van der Waals surface area contributed by atoms with Gasteiger partial charge >= 0.3 is 11.9 Å². The largest absolute Gasteiger partial charge is 0.478 e. The topological polar surface area (TPSA) is 105 Å². The Morgan fingerprint density at radius 1 is 0.878 bits per heavy atom. The molecule has 41 heavy (non-hydrogen) atoms. The number of hydrogen-bond acceptors (Lipinski definition) is 6. The number of benzene rings is 3. The summed E-state index contributed by atoms with van der Waals surface area (Å²) >= 11 is 0. The number of aromatic carboxylic acids is 1. The van der Waals surface area contributed by atoms with Crippen molar-refractivity contribution in [1.82, 2.24) is 4.58 Å². The SMILES string of the molecule is NOC(=O)c1ccc(C2=c3cc4c5c(c3Oc3c2cc2c6c3CCCN6CCC2)CCC[N+]=5CCC4)c(C(=O)O)c1. The summed E-state index contributed by atoms with van der Waals surface area (Å²) in [6.07, 6.45) is 8.18. The van der Waals surface area contributed by atoms with Crippen molar-refractivity contribution in [2.45, 2.75) is 51.4 Å². The highest BCUT2D eigenvalue weighted by molar-refractivity contribution is 6.01. The van der Waals surface area contributed by atoms with Gasteiger partial charge in [-0.05, 0) is 73.9 Å². The van der Waals surface area contributed by atoms with Crippen LogP contribution >= 0.6 is 0 Å². The molecule has 0 fully saturated rings. The van der Waals surface area contributed by atoms with Crippen LogP contribution in [-0.4, -0.2) is 43.2 Å². The Kier molecular flexibility index (Phi) is 5.51. The average molecular weight is 551 g/mol. The number of hydrogen-bond donors (Lipinski definition) is 2. The van der Waals surface area contributed by atoms with E-state index in [-0.39, 0.29) is 11.1 Å². The number of anilines is 1. The molecule has 0 amide bonds. The van der Waals surface area contributed by atoms with Gasteiger partial charge in [-0.1, -0.05) is 6.07 Å². The lowest BCUT2D eigenvalue weighted by atomic mass is 9.81. The highest BCUT2D eigenvalue weighted by Crippen LogP contribution is 2.48. The number of fused-ring (bicyclic) bond motifs is 4. The maximum atomic E-state index is 12.7. The quantitative estimate of drug-likeness (QED) is 0.299. The van der Waals surface area contributed by atoms with Crippen LogP contribution < -0.4 is 30.7 Å². The molecule has 0 bridgehead atoms. The third kappa shape index (κ3) is 3.59. The Balaban J connectivity index is 1.51. The second kappa shape index (κ2) is 9.17. The Bertz CT molecular complexity index is 1820. The Labute approximate surface area is 237 Å². The minimum atomic E-state index is -1.11. The second-order valence-corrected chi connectivity index (χ2v) is 11.8. The molecule has 0 spiro atoms. The zero-order valence-electron chi connectivity index (χ0n) is 22.9. The van der Waals surface area contributed by atoms with Crippen molar-refractivity contribution in [3.63, 3.8) is 0 Å². The van der Waals surface area contributed by atoms with Gasteiger partial charge in [-0.3, -0.25) is 0 Å². The first-order chi connectivity index (χ1) is 20.0. The summed E-state index contributed by atoms with van der Waals surface area (Å²) in [7, 11) is 0. The molecule has 0 aliphatic carbocycles. The maximum absolute atomic E-state index is 12.7. The third-order valence-electron chi connectivity index (χ3n) is 9.55. The molecule has 8 nitrogen and oxygen atoms in total. The minimum absolute atomic E-state index is 0.0442. The van der Waals surface area contributed by atoms with E-state index in [0.717, 1.165) is 105 Å². The minimum Gasteiger partial charge on any atom is -0.478 e. The lowest BCUT2D eigenvalue weighted by molar-refractivity contribution is 0.0503. The molecule has 5 aliphatic rings. The standard InChI is InChI=1S/C33H31N3O5/c34-41-33(39)20-9-10-21(24(17-20)32(37)38)27-25-15-18-5-1-11-35-13-3-7-22(28(18)35)30(25)40-31-23-8-4-14-36-12-2-6-19(29(23)36)16-26(27)31/h9-10,15-17H,1-8,11-14,34H2/p+1. The van der Waals surface area contributed by atoms with Crippen molar-refractivity contribution in [3.8, 4) is 11.5 Å². The van der Waals surface area contributed by atoms with Gasteiger partial charge in [0.1, 0.15) is 24.6 Å². The summed E-state index contributed by atoms with van der Waals surface area (Å²) in [5.74, 6) is 4.99. The van der Waals surface area contributed by atoms with Crippen molar-refractivity contribution in [1.29, 1.82) is 0 Å². The number of nitrogens with two attached hydrogens (primary N) is 1. The predicted octanol–water partition coefficient (Wildman–Crippen LogP) is 2.85. The molecule has 8 rings (SSSR count). The molecule has 3 aromatic rings. The van der Waals surface area contributed by atoms with Crippen molar-refractivity contribution in [3.05, 3.63) is 85.4 Å². The number of rotatable bonds is 3. The summed E-state index contributed by atoms with van der Waals surface area (Å²) in [5.41, 5.74) is 8.95. The molecule has 0 unspecified atom stereocenters. The molecule has 5 aliphatic heterocycles. The third-order valence-corrected chi connectivity index (χ3v) is 9.55. The van der Waals surface area contributed by atoms with E-state index < -0.39 is 11.9 Å². The average Bonchev–Trinajstić information content (AvgIpc) is 3.00. The number of carbonyl (C=O) groups excluding carboxylic acids is 1. The molecule has 0 saturated carbocycles. The fraction of sp³-hybridized carbons (Fsp3) is 0.364. The molecular weight excluding hydrogens is 518 g/mol. The number of carboxylic acid groups (broad SMARTS) is 1. The monoisotopic (exact) mass is 550 g/mol. The first-order valence-corrected chi connectivity index (χ1v) is 14.7. The first-order valence-electron chi connectivity index (χ1n) is 14.7. The van der Waals surface area contributed by atoms with Crippen LogP contribution in [-0.2, 0) is 30.5 Å². The van der Waals surface area contributed by atoms with Crippen LogP contribution in [0.15, 0.2) is 30.3 Å². The van der Waals surface area contributed by atoms with E-state index in [1.165, 1.54) is 39.4 Å². The van der Waals surface area contributed by atoms with E-state index in [4.69, 9.17) is 10.6 Å². The number of nitrogens with zero attached hydrogens (tertiary/aromatic N) is 2. The molecule has 0 saturated heterocycles. The van der Waals surface area contributed by atoms with Gasteiger partial charge in [0.25, 0.3) is 0 Å². The molecule has 3 N–H and O–H groups in total. The molecule has 5 heterocycles. The van der Waals surface area contributed by atoms with Crippen LogP contribution in [0.2, 0.25) is 0 Å². The maximum Gasteiger partial charge on any atom is 0.356 e. The number of ether oxygens (including phenoxy) is 1. The van der Waals surface area contributed by atoms with Crippen molar-refractivity contribution in [2.75, 3.05) is 31.1 Å². The van der Waals surface area contributed by atoms with Crippen LogP contribution in [0.4, 0.5) is 5.69 Å². The van der Waals surface area contributed by atoms with E-state index >= 15 is 0 Å². The summed E-state index contributed by atoms with van der Waals surface area (Å²) in [6, 6.07) is 9.21. The molecule has 3 aromatic carbocycles. The summed E-state index contributed by atoms with van der Waals surface area (Å²) in [5, 5.41) is 12.7. The molecule has 0 aromatic heterocycles. The summed E-state index contributed by atoms with van der Waals surface area (Å²) in [6.45, 7) is 4.23. The summed E-state index contributed by atoms with van der Waals surface area (Å²) in [4.78, 5) is 31.9. The molecule has 0 radical (unpaired) electrons.